The van der Waals surface area contributed by atoms with E-state index in [9.17, 15) is 22.4 Å². The summed E-state index contributed by atoms with van der Waals surface area (Å²) in [5.41, 5.74) is 1.83. The average Bonchev–Trinajstić information content (AvgIpc) is 2.93. The summed E-state index contributed by atoms with van der Waals surface area (Å²) in [7, 11) is -4.19. The van der Waals surface area contributed by atoms with Crippen LogP contribution in [-0.4, -0.2) is 44.3 Å². The van der Waals surface area contributed by atoms with Gasteiger partial charge >= 0.3 is 0 Å². The van der Waals surface area contributed by atoms with Crippen LogP contribution < -0.4 is 9.62 Å². The van der Waals surface area contributed by atoms with E-state index in [1.807, 2.05) is 51.1 Å². The smallest absolute Gasteiger partial charge is 0.264 e. The van der Waals surface area contributed by atoms with Crippen molar-refractivity contribution in [3.8, 4) is 0 Å². The van der Waals surface area contributed by atoms with Crippen molar-refractivity contribution < 1.29 is 22.4 Å². The Morgan fingerprint density at radius 3 is 2.15 bits per heavy atom. The predicted octanol–water partition coefficient (Wildman–Crippen LogP) is 5.05. The Hall–Kier alpha value is -3.72. The number of hydrogen-bond acceptors (Lipinski definition) is 4. The van der Waals surface area contributed by atoms with Crippen molar-refractivity contribution in [1.29, 1.82) is 0 Å². The molecule has 9 heteroatoms. The lowest BCUT2D eigenvalue weighted by molar-refractivity contribution is -0.140. The first-order valence-electron chi connectivity index (χ1n) is 13.1. The molecule has 0 aromatic heterocycles. The summed E-state index contributed by atoms with van der Waals surface area (Å²) >= 11 is 0. The summed E-state index contributed by atoms with van der Waals surface area (Å²) < 4.78 is 42.2. The zero-order valence-electron chi connectivity index (χ0n) is 22.6. The molecule has 0 aliphatic carbocycles. The second kappa shape index (κ2) is 13.9. The number of halogens is 1. The molecule has 0 aliphatic rings. The molecule has 1 atom stereocenters. The van der Waals surface area contributed by atoms with Crippen LogP contribution >= 0.6 is 0 Å². The number of nitrogens with one attached hydrogen (secondary N) is 1. The summed E-state index contributed by atoms with van der Waals surface area (Å²) in [6.45, 7) is 5.73. The highest BCUT2D eigenvalue weighted by atomic mass is 32.2. The predicted molar refractivity (Wildman–Crippen MR) is 151 cm³/mol. The van der Waals surface area contributed by atoms with E-state index in [1.165, 1.54) is 29.2 Å². The highest BCUT2D eigenvalue weighted by molar-refractivity contribution is 7.92. The fraction of sp³-hybridized carbons (Fsp3) is 0.333. The third-order valence-corrected chi connectivity index (χ3v) is 8.20. The fourth-order valence-corrected chi connectivity index (χ4v) is 5.59. The van der Waals surface area contributed by atoms with Gasteiger partial charge in [0.2, 0.25) is 11.8 Å². The van der Waals surface area contributed by atoms with Crippen molar-refractivity contribution in [3.63, 3.8) is 0 Å². The molecular formula is C30H36FN3O4S. The summed E-state index contributed by atoms with van der Waals surface area (Å²) in [5.74, 6) is -1.36. The Bertz CT molecular complexity index is 1330. The summed E-state index contributed by atoms with van der Waals surface area (Å²) in [5, 5.41) is 2.90. The molecule has 0 fully saturated rings. The van der Waals surface area contributed by atoms with Crippen molar-refractivity contribution in [2.24, 2.45) is 0 Å². The quantitative estimate of drug-likeness (QED) is 0.300. The van der Waals surface area contributed by atoms with E-state index in [0.717, 1.165) is 40.4 Å². The van der Waals surface area contributed by atoms with Crippen molar-refractivity contribution >= 4 is 27.5 Å². The second-order valence-corrected chi connectivity index (χ2v) is 11.2. The Kier molecular flexibility index (Phi) is 10.6. The minimum absolute atomic E-state index is 0.00387. The first kappa shape index (κ1) is 29.8. The maximum absolute atomic E-state index is 13.9. The molecule has 0 saturated carbocycles. The topological polar surface area (TPSA) is 86.8 Å². The van der Waals surface area contributed by atoms with Crippen LogP contribution in [0.25, 0.3) is 0 Å². The van der Waals surface area contributed by atoms with Gasteiger partial charge in [0.15, 0.2) is 0 Å². The van der Waals surface area contributed by atoms with E-state index >= 15 is 0 Å². The molecule has 0 saturated heterocycles. The average molecular weight is 554 g/mol. The van der Waals surface area contributed by atoms with Crippen LogP contribution in [0.3, 0.4) is 0 Å². The van der Waals surface area contributed by atoms with Gasteiger partial charge in [0.25, 0.3) is 10.0 Å². The molecule has 0 unspecified atom stereocenters. The zero-order chi connectivity index (χ0) is 28.4. The number of hydrogen-bond donors (Lipinski definition) is 1. The molecule has 0 bridgehead atoms. The normalized spacial score (nSPS) is 12.0. The summed E-state index contributed by atoms with van der Waals surface area (Å²) in [6, 6.07) is 19.7. The molecule has 0 spiro atoms. The molecule has 1 N–H and O–H groups in total. The van der Waals surface area contributed by atoms with Gasteiger partial charge in [-0.05, 0) is 61.7 Å². The molecular weight excluding hydrogens is 517 g/mol. The monoisotopic (exact) mass is 553 g/mol. The van der Waals surface area contributed by atoms with Crippen LogP contribution in [0, 0.1) is 12.7 Å². The number of anilines is 1. The van der Waals surface area contributed by atoms with Crippen molar-refractivity contribution in [1.82, 2.24) is 10.2 Å². The Morgan fingerprint density at radius 1 is 0.923 bits per heavy atom. The van der Waals surface area contributed by atoms with Gasteiger partial charge in [0.1, 0.15) is 18.4 Å². The van der Waals surface area contributed by atoms with Gasteiger partial charge in [0, 0.05) is 13.1 Å². The first-order valence-corrected chi connectivity index (χ1v) is 14.6. The molecule has 3 aromatic carbocycles. The molecule has 208 valence electrons. The lowest BCUT2D eigenvalue weighted by Gasteiger charge is -2.33. The maximum atomic E-state index is 13.9. The lowest BCUT2D eigenvalue weighted by atomic mass is 10.1. The number of rotatable bonds is 13. The van der Waals surface area contributed by atoms with E-state index in [1.54, 1.807) is 12.1 Å². The van der Waals surface area contributed by atoms with Crippen LogP contribution in [0.2, 0.25) is 0 Å². The summed E-state index contributed by atoms with van der Waals surface area (Å²) in [6.07, 6.45) is 2.06. The highest BCUT2D eigenvalue weighted by Crippen LogP contribution is 2.25. The van der Waals surface area contributed by atoms with Gasteiger partial charge in [-0.3, -0.25) is 13.9 Å². The molecule has 2 amide bonds. The van der Waals surface area contributed by atoms with Crippen LogP contribution in [0.5, 0.6) is 0 Å². The number of carbonyl (C=O) groups is 2. The minimum atomic E-state index is -4.19. The number of sulfonamides is 1. The molecule has 0 radical (unpaired) electrons. The highest BCUT2D eigenvalue weighted by Gasteiger charge is 2.33. The number of amides is 2. The molecule has 39 heavy (non-hydrogen) atoms. The molecule has 0 heterocycles. The van der Waals surface area contributed by atoms with Crippen molar-refractivity contribution in [3.05, 3.63) is 95.8 Å². The lowest BCUT2D eigenvalue weighted by Crippen LogP contribution is -2.52. The number of benzene rings is 3. The first-order chi connectivity index (χ1) is 18.7. The van der Waals surface area contributed by atoms with Crippen LogP contribution in [0.15, 0.2) is 83.8 Å². The van der Waals surface area contributed by atoms with Crippen LogP contribution in [-0.2, 0) is 26.2 Å². The number of carbonyl (C=O) groups excluding carboxylic acids is 2. The van der Waals surface area contributed by atoms with Crippen LogP contribution in [0.1, 0.15) is 44.2 Å². The third-order valence-electron chi connectivity index (χ3n) is 6.41. The number of nitrogens with zero attached hydrogens (tertiary/aromatic N) is 2. The SMILES string of the molecule is CCCCNC(=O)[C@H](CC)N(Cc1ccccc1)C(=O)CN(c1ccc(F)cc1)S(=O)(=O)c1ccc(C)cc1. The standard InChI is InChI=1S/C30H36FN3O4S/c1-4-6-20-32-30(36)28(5-2)33(21-24-10-8-7-9-11-24)29(35)22-34(26-16-14-25(31)15-17-26)39(37,38)27-18-12-23(3)13-19-27/h7-19,28H,4-6,20-22H2,1-3H3,(H,32,36)/t28-/m0/s1. The van der Waals surface area contributed by atoms with Gasteiger partial charge in [0.05, 0.1) is 10.6 Å². The number of aryl methyl sites for hydroxylation is 1. The van der Waals surface area contributed by atoms with Gasteiger partial charge in [-0.2, -0.15) is 0 Å². The molecule has 3 aromatic rings. The largest absolute Gasteiger partial charge is 0.354 e. The van der Waals surface area contributed by atoms with E-state index in [2.05, 4.69) is 5.32 Å². The molecule has 0 aliphatic heterocycles. The van der Waals surface area contributed by atoms with Crippen molar-refractivity contribution in [2.45, 2.75) is 57.5 Å². The van der Waals surface area contributed by atoms with Crippen molar-refractivity contribution in [2.75, 3.05) is 17.4 Å². The van der Waals surface area contributed by atoms with Crippen LogP contribution in [0.4, 0.5) is 10.1 Å². The third kappa shape index (κ3) is 7.89. The molecule has 7 nitrogen and oxygen atoms in total. The van der Waals surface area contributed by atoms with Gasteiger partial charge in [-0.25, -0.2) is 12.8 Å². The number of unbranched alkanes of at least 4 members (excludes halogenated alkanes) is 1. The van der Waals surface area contributed by atoms with Gasteiger partial charge in [-0.15, -0.1) is 0 Å². The Labute approximate surface area is 230 Å². The van der Waals surface area contributed by atoms with E-state index in [4.69, 9.17) is 0 Å². The van der Waals surface area contributed by atoms with E-state index in [0.29, 0.717) is 13.0 Å². The Balaban J connectivity index is 2.01. The van der Waals surface area contributed by atoms with Gasteiger partial charge < -0.3 is 10.2 Å². The van der Waals surface area contributed by atoms with E-state index in [-0.39, 0.29) is 23.0 Å². The zero-order valence-corrected chi connectivity index (χ0v) is 23.5. The minimum Gasteiger partial charge on any atom is -0.354 e. The molecule has 3 rings (SSSR count). The summed E-state index contributed by atoms with van der Waals surface area (Å²) in [4.78, 5) is 28.5. The maximum Gasteiger partial charge on any atom is 0.264 e. The van der Waals surface area contributed by atoms with E-state index < -0.39 is 34.3 Å². The fourth-order valence-electron chi connectivity index (χ4n) is 4.18. The van der Waals surface area contributed by atoms with Gasteiger partial charge in [-0.1, -0.05) is 68.3 Å². The Morgan fingerprint density at radius 2 is 1.56 bits per heavy atom. The second-order valence-electron chi connectivity index (χ2n) is 9.38.